The Morgan fingerprint density at radius 2 is 1.58 bits per heavy atom. The Kier molecular flexibility index (Phi) is 19.5. The number of nitrogens with zero attached hydrogens (tertiary/aromatic N) is 1. The Bertz CT molecular complexity index is 481. The molecule has 0 saturated carbocycles. The molecule has 0 atom stereocenters. The van der Waals surface area contributed by atoms with Crippen LogP contribution in [0.3, 0.4) is 0 Å². The van der Waals surface area contributed by atoms with E-state index < -0.39 is 0 Å². The number of allylic oxidation sites excluding steroid dienone is 1. The van der Waals surface area contributed by atoms with Gasteiger partial charge < -0.3 is 4.57 Å². The molecule has 1 rings (SSSR count). The molecule has 19 heavy (non-hydrogen) atoms. The molecule has 0 radical (unpaired) electrons. The van der Waals surface area contributed by atoms with Crippen LogP contribution in [-0.4, -0.2) is 4.57 Å². The lowest BCUT2D eigenvalue weighted by Gasteiger charge is -1.95. The summed E-state index contributed by atoms with van der Waals surface area (Å²) in [5, 5.41) is 1.64. The van der Waals surface area contributed by atoms with Crippen LogP contribution >= 0.6 is 0 Å². The van der Waals surface area contributed by atoms with Gasteiger partial charge in [0, 0.05) is 18.5 Å². The molecule has 0 aliphatic carbocycles. The van der Waals surface area contributed by atoms with Gasteiger partial charge in [0.2, 0.25) is 0 Å². The summed E-state index contributed by atoms with van der Waals surface area (Å²) in [7, 11) is 1.74. The van der Waals surface area contributed by atoms with E-state index in [1.165, 1.54) is 0 Å². The summed E-state index contributed by atoms with van der Waals surface area (Å²) >= 11 is 0. The van der Waals surface area contributed by atoms with E-state index in [4.69, 9.17) is 0 Å². The van der Waals surface area contributed by atoms with Crippen molar-refractivity contribution in [1.82, 2.24) is 4.57 Å². The molecule has 0 saturated heterocycles. The standard InChI is InChI=1S/C11H13NO.3C2H6/c1-4-6-9-7-8-12(3)11(13)10(9)5-2;3*1-2/h4-8H,1H2,2-3H3;3*1-2H3/b9-6-,10-5+;;;. The summed E-state index contributed by atoms with van der Waals surface area (Å²) < 4.78 is 1.57. The SMILES string of the molecule is C=C/C=c1/ccn(C)c(=O)/c1=C/C.CC.CC.CC. The minimum atomic E-state index is 0.0260. The van der Waals surface area contributed by atoms with Gasteiger partial charge >= 0.3 is 0 Å². The van der Waals surface area contributed by atoms with Crippen LogP contribution in [-0.2, 0) is 7.05 Å². The Morgan fingerprint density at radius 3 is 1.95 bits per heavy atom. The molecule has 2 nitrogen and oxygen atoms in total. The van der Waals surface area contributed by atoms with Crippen molar-refractivity contribution in [2.24, 2.45) is 7.05 Å². The van der Waals surface area contributed by atoms with Crippen molar-refractivity contribution in [3.05, 3.63) is 45.7 Å². The van der Waals surface area contributed by atoms with E-state index in [1.54, 1.807) is 23.9 Å². The fourth-order valence-corrected chi connectivity index (χ4v) is 1.23. The van der Waals surface area contributed by atoms with Crippen LogP contribution in [0.25, 0.3) is 12.2 Å². The van der Waals surface area contributed by atoms with Crippen molar-refractivity contribution in [3.8, 4) is 0 Å². The average Bonchev–Trinajstić information content (AvgIpc) is 2.50. The average molecular weight is 265 g/mol. The van der Waals surface area contributed by atoms with Gasteiger partial charge in [0.1, 0.15) is 0 Å². The zero-order valence-corrected chi connectivity index (χ0v) is 13.9. The Balaban J connectivity index is -0.000000375. The lowest BCUT2D eigenvalue weighted by molar-refractivity contribution is 0.846. The fourth-order valence-electron chi connectivity index (χ4n) is 1.23. The van der Waals surface area contributed by atoms with Gasteiger partial charge in [-0.2, -0.15) is 0 Å². The molecule has 1 aromatic heterocycles. The molecule has 0 unspecified atom stereocenters. The van der Waals surface area contributed by atoms with Crippen LogP contribution in [0.5, 0.6) is 0 Å². The first-order valence-electron chi connectivity index (χ1n) is 7.15. The molecule has 0 N–H and O–H groups in total. The van der Waals surface area contributed by atoms with Crippen LogP contribution < -0.4 is 16.0 Å². The molecule has 0 amide bonds. The maximum absolute atomic E-state index is 11.6. The second-order valence-electron chi connectivity index (χ2n) is 2.79. The molecule has 1 aromatic rings. The second-order valence-corrected chi connectivity index (χ2v) is 2.79. The van der Waals surface area contributed by atoms with Gasteiger partial charge in [-0.3, -0.25) is 4.79 Å². The quantitative estimate of drug-likeness (QED) is 0.764. The maximum atomic E-state index is 11.6. The van der Waals surface area contributed by atoms with E-state index >= 15 is 0 Å². The molecule has 0 fully saturated rings. The van der Waals surface area contributed by atoms with E-state index in [2.05, 4.69) is 6.58 Å². The summed E-state index contributed by atoms with van der Waals surface area (Å²) in [5.41, 5.74) is 0.0260. The van der Waals surface area contributed by atoms with Crippen molar-refractivity contribution in [3.63, 3.8) is 0 Å². The Hall–Kier alpha value is -1.57. The third-order valence-corrected chi connectivity index (χ3v) is 1.93. The first-order valence-corrected chi connectivity index (χ1v) is 7.15. The van der Waals surface area contributed by atoms with Gasteiger partial charge in [-0.25, -0.2) is 0 Å². The van der Waals surface area contributed by atoms with E-state index in [0.717, 1.165) is 10.4 Å². The van der Waals surface area contributed by atoms with Crippen LogP contribution in [0.2, 0.25) is 0 Å². The van der Waals surface area contributed by atoms with Gasteiger partial charge in [-0.05, 0) is 18.2 Å². The van der Waals surface area contributed by atoms with Crippen molar-refractivity contribution < 1.29 is 0 Å². The molecule has 0 bridgehead atoms. The summed E-state index contributed by atoms with van der Waals surface area (Å²) in [6.07, 6.45) is 7.08. The molecular formula is C17H31NO. The summed E-state index contributed by atoms with van der Waals surface area (Å²) in [4.78, 5) is 11.6. The van der Waals surface area contributed by atoms with E-state index in [9.17, 15) is 4.79 Å². The molecule has 0 aromatic carbocycles. The van der Waals surface area contributed by atoms with E-state index in [1.807, 2.05) is 66.7 Å². The van der Waals surface area contributed by atoms with E-state index in [0.29, 0.717) is 0 Å². The molecule has 110 valence electrons. The minimum absolute atomic E-state index is 0.0260. The number of rotatable bonds is 1. The Labute approximate surface area is 118 Å². The molecule has 1 heterocycles. The van der Waals surface area contributed by atoms with Crippen molar-refractivity contribution in [2.75, 3.05) is 0 Å². The molecule has 2 heteroatoms. The molecular weight excluding hydrogens is 234 g/mol. The summed E-state index contributed by atoms with van der Waals surface area (Å²) in [5.74, 6) is 0. The van der Waals surface area contributed by atoms with Crippen molar-refractivity contribution >= 4 is 12.2 Å². The van der Waals surface area contributed by atoms with Gasteiger partial charge in [0.05, 0.1) is 0 Å². The highest BCUT2D eigenvalue weighted by Crippen LogP contribution is 1.68. The minimum Gasteiger partial charge on any atom is -0.318 e. The topological polar surface area (TPSA) is 22.0 Å². The lowest BCUT2D eigenvalue weighted by atomic mass is 10.2. The summed E-state index contributed by atoms with van der Waals surface area (Å²) in [6, 6.07) is 1.90. The third-order valence-electron chi connectivity index (χ3n) is 1.93. The lowest BCUT2D eigenvalue weighted by Crippen LogP contribution is -2.43. The van der Waals surface area contributed by atoms with Crippen LogP contribution in [0.15, 0.2) is 29.7 Å². The molecule has 0 aliphatic rings. The van der Waals surface area contributed by atoms with Crippen molar-refractivity contribution in [2.45, 2.75) is 48.5 Å². The van der Waals surface area contributed by atoms with Crippen LogP contribution in [0, 0.1) is 0 Å². The smallest absolute Gasteiger partial charge is 0.257 e. The fraction of sp³-hybridized carbons (Fsp3) is 0.471. The number of hydrogen-bond donors (Lipinski definition) is 0. The number of pyridine rings is 1. The van der Waals surface area contributed by atoms with Gasteiger partial charge in [-0.1, -0.05) is 66.3 Å². The van der Waals surface area contributed by atoms with Gasteiger partial charge in [-0.15, -0.1) is 0 Å². The first kappa shape index (κ1) is 22.6. The second kappa shape index (κ2) is 16.4. The van der Waals surface area contributed by atoms with Gasteiger partial charge in [0.25, 0.3) is 5.56 Å². The van der Waals surface area contributed by atoms with Crippen LogP contribution in [0.1, 0.15) is 48.5 Å². The number of aryl methyl sites for hydroxylation is 1. The summed E-state index contributed by atoms with van der Waals surface area (Å²) in [6.45, 7) is 17.5. The zero-order valence-electron chi connectivity index (χ0n) is 13.9. The highest BCUT2D eigenvalue weighted by atomic mass is 16.1. The predicted octanol–water partition coefficient (Wildman–Crippen LogP) is 3.23. The maximum Gasteiger partial charge on any atom is 0.257 e. The highest BCUT2D eigenvalue weighted by Gasteiger charge is 1.91. The molecule has 0 spiro atoms. The highest BCUT2D eigenvalue weighted by molar-refractivity contribution is 5.37. The van der Waals surface area contributed by atoms with Crippen molar-refractivity contribution in [1.29, 1.82) is 0 Å². The number of hydrogen-bond acceptors (Lipinski definition) is 1. The first-order chi connectivity index (χ1) is 9.20. The normalized spacial score (nSPS) is 10.1. The largest absolute Gasteiger partial charge is 0.318 e. The number of aromatic nitrogens is 1. The Morgan fingerprint density at radius 1 is 1.11 bits per heavy atom. The molecule has 0 aliphatic heterocycles. The van der Waals surface area contributed by atoms with Gasteiger partial charge in [0.15, 0.2) is 0 Å². The van der Waals surface area contributed by atoms with Crippen LogP contribution in [0.4, 0.5) is 0 Å². The zero-order chi connectivity index (χ0) is 15.8. The van der Waals surface area contributed by atoms with E-state index in [-0.39, 0.29) is 5.56 Å². The third kappa shape index (κ3) is 8.20. The predicted molar refractivity (Wildman–Crippen MR) is 89.8 cm³/mol. The monoisotopic (exact) mass is 265 g/mol.